The van der Waals surface area contributed by atoms with Crippen molar-refractivity contribution in [2.24, 2.45) is 0 Å². The van der Waals surface area contributed by atoms with Crippen LogP contribution in [-0.4, -0.2) is 33.1 Å². The van der Waals surface area contributed by atoms with Gasteiger partial charge in [-0.3, -0.25) is 0 Å². The number of hydrogen-bond donors (Lipinski definition) is 0. The van der Waals surface area contributed by atoms with Gasteiger partial charge in [-0.2, -0.15) is 5.26 Å². The predicted octanol–water partition coefficient (Wildman–Crippen LogP) is 17.2. The molecule has 0 aliphatic carbocycles. The van der Waals surface area contributed by atoms with E-state index in [1.807, 2.05) is 60.7 Å². The van der Waals surface area contributed by atoms with Gasteiger partial charge in [0.15, 0.2) is 17.5 Å². The van der Waals surface area contributed by atoms with Crippen LogP contribution in [0.1, 0.15) is 5.56 Å². The first-order chi connectivity index (χ1) is 38.7. The average Bonchev–Trinajstić information content (AvgIpc) is 4.44. The number of hydrogen-bond acceptors (Lipinski definition) is 4. The van der Waals surface area contributed by atoms with Crippen molar-refractivity contribution < 1.29 is 0 Å². The predicted molar refractivity (Wildman–Crippen MR) is 319 cm³/mol. The fourth-order valence-electron chi connectivity index (χ4n) is 13.0. The molecule has 0 aliphatic rings. The van der Waals surface area contributed by atoms with E-state index in [0.717, 1.165) is 137 Å². The monoisotopic (exact) mass is 992 g/mol. The normalized spacial score (nSPS) is 12.1. The second-order valence-corrected chi connectivity index (χ2v) is 20.2. The van der Waals surface area contributed by atoms with Crippen LogP contribution < -0.4 is 0 Å². The van der Waals surface area contributed by atoms with E-state index in [-0.39, 0.29) is 0 Å². The van der Waals surface area contributed by atoms with Crippen LogP contribution in [0.25, 0.3) is 155 Å². The van der Waals surface area contributed by atoms with Gasteiger partial charge >= 0.3 is 0 Å². The summed E-state index contributed by atoms with van der Waals surface area (Å²) in [7, 11) is 0. The molecule has 78 heavy (non-hydrogen) atoms. The van der Waals surface area contributed by atoms with E-state index in [1.54, 1.807) is 0 Å². The van der Waals surface area contributed by atoms with Crippen LogP contribution in [0, 0.1) is 11.3 Å². The molecule has 0 aliphatic heterocycles. The topological polar surface area (TPSA) is 81.7 Å². The fraction of sp³-hybridized carbons (Fsp3) is 0. The van der Waals surface area contributed by atoms with Gasteiger partial charge in [0.2, 0.25) is 0 Å². The van der Waals surface area contributed by atoms with E-state index in [2.05, 4.69) is 206 Å². The molecule has 0 fully saturated rings. The van der Waals surface area contributed by atoms with Crippen LogP contribution in [0.15, 0.2) is 243 Å². The first kappa shape index (κ1) is 42.5. The second-order valence-electron chi connectivity index (χ2n) is 20.2. The summed E-state index contributed by atoms with van der Waals surface area (Å²) < 4.78 is 9.68. The number of aromatic nitrogens is 7. The Kier molecular flexibility index (Phi) is 8.75. The van der Waals surface area contributed by atoms with Crippen LogP contribution in [0.4, 0.5) is 0 Å². The third kappa shape index (κ3) is 5.73. The number of nitriles is 1. The van der Waals surface area contributed by atoms with E-state index >= 15 is 0 Å². The Bertz CT molecular complexity index is 5240. The lowest BCUT2D eigenvalue weighted by atomic mass is 9.99. The standard InChI is InChI=1S/C70H40N8/c71-41-54-64-62(52-31-19-30-51-49-28-11-18-37-60(49)78(64)63(51)52)66(76-57-34-15-9-26-47(57)48-27-10-16-35-58(48)76)67(65(54)75-55-32-13-7-24-45(55)46-25-8-14-33-56(46)75)77-59-36-17-12-29-50(59)53-40-44(38-39-61(53)77)70-73-68(42-20-3-1-4-21-42)72-69(74-70)43-22-5-2-6-23-43/h1-40H. The molecule has 0 radical (unpaired) electrons. The minimum absolute atomic E-state index is 0.574. The van der Waals surface area contributed by atoms with Crippen molar-refractivity contribution in [2.75, 3.05) is 0 Å². The third-order valence-corrected chi connectivity index (χ3v) is 16.2. The quantitative estimate of drug-likeness (QED) is 0.166. The summed E-state index contributed by atoms with van der Waals surface area (Å²) in [5, 5.41) is 23.4. The lowest BCUT2D eigenvalue weighted by Crippen LogP contribution is -2.12. The summed E-state index contributed by atoms with van der Waals surface area (Å²) in [6, 6.07) is 88.6. The molecule has 0 N–H and O–H groups in total. The molecule has 0 atom stereocenters. The summed E-state index contributed by atoms with van der Waals surface area (Å²) in [4.78, 5) is 15.4. The molecule has 0 spiro atoms. The summed E-state index contributed by atoms with van der Waals surface area (Å²) in [5.74, 6) is 1.78. The van der Waals surface area contributed by atoms with Gasteiger partial charge in [0.05, 0.1) is 66.7 Å². The Morgan fingerprint density at radius 1 is 0.282 bits per heavy atom. The zero-order chi connectivity index (χ0) is 51.2. The van der Waals surface area contributed by atoms with Crippen molar-refractivity contribution in [3.05, 3.63) is 248 Å². The molecule has 0 saturated heterocycles. The van der Waals surface area contributed by atoms with E-state index in [1.165, 1.54) is 0 Å². The molecule has 0 amide bonds. The van der Waals surface area contributed by atoms with Gasteiger partial charge in [-0.1, -0.05) is 188 Å². The highest BCUT2D eigenvalue weighted by Crippen LogP contribution is 2.51. The maximum atomic E-state index is 12.4. The molecule has 17 aromatic rings. The van der Waals surface area contributed by atoms with Gasteiger partial charge < -0.3 is 18.1 Å². The lowest BCUT2D eigenvalue weighted by molar-refractivity contribution is 1.05. The highest BCUT2D eigenvalue weighted by molar-refractivity contribution is 6.28. The summed E-state index contributed by atoms with van der Waals surface area (Å²) in [5.41, 5.74) is 15.0. The Labute approximate surface area is 445 Å². The first-order valence-corrected chi connectivity index (χ1v) is 26.3. The van der Waals surface area contributed by atoms with Crippen LogP contribution in [0.2, 0.25) is 0 Å². The van der Waals surface area contributed by atoms with Crippen molar-refractivity contribution in [3.8, 4) is 57.3 Å². The van der Waals surface area contributed by atoms with Gasteiger partial charge in [0, 0.05) is 70.6 Å². The van der Waals surface area contributed by atoms with Gasteiger partial charge in [-0.15, -0.1) is 0 Å². The van der Waals surface area contributed by atoms with Gasteiger partial charge in [0.25, 0.3) is 0 Å². The Balaban J connectivity index is 1.10. The van der Waals surface area contributed by atoms with E-state index in [9.17, 15) is 5.26 Å². The number of fused-ring (bicyclic) bond motifs is 15. The molecule has 0 saturated carbocycles. The van der Waals surface area contributed by atoms with Crippen molar-refractivity contribution in [1.29, 1.82) is 5.26 Å². The van der Waals surface area contributed by atoms with Crippen LogP contribution in [0.3, 0.4) is 0 Å². The first-order valence-electron chi connectivity index (χ1n) is 26.3. The summed E-state index contributed by atoms with van der Waals surface area (Å²) in [6.07, 6.45) is 0. The average molecular weight is 993 g/mol. The zero-order valence-corrected chi connectivity index (χ0v) is 41.7. The highest BCUT2D eigenvalue weighted by Gasteiger charge is 2.34. The summed E-state index contributed by atoms with van der Waals surface area (Å²) in [6.45, 7) is 0. The van der Waals surface area contributed by atoms with Crippen LogP contribution >= 0.6 is 0 Å². The van der Waals surface area contributed by atoms with Gasteiger partial charge in [-0.25, -0.2) is 15.0 Å². The molecule has 360 valence electrons. The second kappa shape index (κ2) is 16.1. The number of rotatable bonds is 6. The molecular weight excluding hydrogens is 953 g/mol. The Morgan fingerprint density at radius 2 is 0.654 bits per heavy atom. The van der Waals surface area contributed by atoms with Crippen molar-refractivity contribution in [1.82, 2.24) is 33.1 Å². The van der Waals surface area contributed by atoms with Crippen LogP contribution in [0.5, 0.6) is 0 Å². The maximum absolute atomic E-state index is 12.4. The zero-order valence-electron chi connectivity index (χ0n) is 41.7. The van der Waals surface area contributed by atoms with E-state index < -0.39 is 0 Å². The molecule has 6 heterocycles. The molecular formula is C70H40N8. The molecule has 8 nitrogen and oxygen atoms in total. The minimum Gasteiger partial charge on any atom is -0.306 e. The summed E-state index contributed by atoms with van der Waals surface area (Å²) >= 11 is 0. The van der Waals surface area contributed by atoms with E-state index in [0.29, 0.717) is 23.0 Å². The molecule has 8 heteroatoms. The Morgan fingerprint density at radius 3 is 1.15 bits per heavy atom. The smallest absolute Gasteiger partial charge is 0.164 e. The minimum atomic E-state index is 0.574. The molecule has 11 aromatic carbocycles. The third-order valence-electron chi connectivity index (χ3n) is 16.2. The van der Waals surface area contributed by atoms with Crippen molar-refractivity contribution in [3.63, 3.8) is 0 Å². The number of para-hydroxylation sites is 7. The van der Waals surface area contributed by atoms with Gasteiger partial charge in [0.1, 0.15) is 11.6 Å². The van der Waals surface area contributed by atoms with E-state index in [4.69, 9.17) is 15.0 Å². The van der Waals surface area contributed by atoms with Gasteiger partial charge in [-0.05, 0) is 54.6 Å². The highest BCUT2D eigenvalue weighted by atomic mass is 15.1. The SMILES string of the molecule is N#Cc1c(-n2c3ccccc3c3ccccc32)c(-n2c3ccccc3c3cc(-c4nc(-c5ccccc5)nc(-c5ccccc5)n4)ccc32)c(-n2c3ccccc3c3ccccc32)c2c3cccc4c5ccccc5n(c12)c43. The number of benzene rings is 11. The fourth-order valence-corrected chi connectivity index (χ4v) is 13.0. The molecule has 0 bridgehead atoms. The Hall–Kier alpha value is -10.9. The number of nitrogens with zero attached hydrogens (tertiary/aromatic N) is 8. The molecule has 0 unspecified atom stereocenters. The molecule has 17 rings (SSSR count). The largest absolute Gasteiger partial charge is 0.306 e. The maximum Gasteiger partial charge on any atom is 0.164 e. The van der Waals surface area contributed by atoms with Crippen molar-refractivity contribution in [2.45, 2.75) is 0 Å². The van der Waals surface area contributed by atoms with Crippen molar-refractivity contribution >= 4 is 104 Å². The lowest BCUT2D eigenvalue weighted by Gasteiger charge is -2.25. The van der Waals surface area contributed by atoms with Crippen LogP contribution in [-0.2, 0) is 0 Å². The molecule has 6 aromatic heterocycles.